The van der Waals surface area contributed by atoms with Crippen molar-refractivity contribution in [2.75, 3.05) is 5.73 Å². The lowest BCUT2D eigenvalue weighted by molar-refractivity contribution is 1.09. The van der Waals surface area contributed by atoms with Crippen molar-refractivity contribution in [3.63, 3.8) is 0 Å². The number of hydrogen-bond donors (Lipinski definition) is 2. The number of H-pyrrole nitrogens is 1. The minimum absolute atomic E-state index is 0.248. The van der Waals surface area contributed by atoms with Gasteiger partial charge >= 0.3 is 0 Å². The van der Waals surface area contributed by atoms with Gasteiger partial charge in [0.05, 0.1) is 17.3 Å². The zero-order valence-electron chi connectivity index (χ0n) is 9.31. The van der Waals surface area contributed by atoms with Crippen LogP contribution in [0.3, 0.4) is 0 Å². The van der Waals surface area contributed by atoms with E-state index in [1.165, 1.54) is 5.56 Å². The Morgan fingerprint density at radius 2 is 2.12 bits per heavy atom. The molecule has 0 aliphatic carbocycles. The summed E-state index contributed by atoms with van der Waals surface area (Å²) in [6, 6.07) is 8.10. The standard InChI is InChI=1S/C12H11N5/c1-7-3-2-4-8(5-7)10-9-6-14-17-11(9)16-12(13)15-10/h2-6H,1H3,(H3,13,14,15,16,17). The number of aromatic amines is 1. The number of aromatic nitrogens is 4. The number of rotatable bonds is 1. The minimum atomic E-state index is 0.248. The van der Waals surface area contributed by atoms with Gasteiger partial charge < -0.3 is 5.73 Å². The normalized spacial score (nSPS) is 10.9. The Morgan fingerprint density at radius 3 is 2.94 bits per heavy atom. The van der Waals surface area contributed by atoms with E-state index in [-0.39, 0.29) is 5.95 Å². The molecule has 5 nitrogen and oxygen atoms in total. The fourth-order valence-corrected chi connectivity index (χ4v) is 1.86. The second-order valence-corrected chi connectivity index (χ2v) is 3.93. The van der Waals surface area contributed by atoms with Crippen molar-refractivity contribution in [1.82, 2.24) is 20.2 Å². The van der Waals surface area contributed by atoms with Gasteiger partial charge in [-0.05, 0) is 13.0 Å². The Hall–Kier alpha value is -2.43. The van der Waals surface area contributed by atoms with Crippen molar-refractivity contribution < 1.29 is 0 Å². The minimum Gasteiger partial charge on any atom is -0.368 e. The number of benzene rings is 1. The van der Waals surface area contributed by atoms with Gasteiger partial charge in [-0.2, -0.15) is 10.1 Å². The Kier molecular flexibility index (Phi) is 2.04. The molecule has 0 unspecified atom stereocenters. The molecule has 2 aromatic heterocycles. The summed E-state index contributed by atoms with van der Waals surface area (Å²) >= 11 is 0. The van der Waals surface area contributed by atoms with Crippen LogP contribution in [-0.4, -0.2) is 20.2 Å². The van der Waals surface area contributed by atoms with Gasteiger partial charge in [0, 0.05) is 5.56 Å². The highest BCUT2D eigenvalue weighted by molar-refractivity contribution is 5.90. The summed E-state index contributed by atoms with van der Waals surface area (Å²) in [7, 11) is 0. The first kappa shape index (κ1) is 9.77. The van der Waals surface area contributed by atoms with Crippen LogP contribution in [0.5, 0.6) is 0 Å². The lowest BCUT2D eigenvalue weighted by Gasteiger charge is -2.04. The molecule has 17 heavy (non-hydrogen) atoms. The number of nitrogen functional groups attached to an aromatic ring is 1. The van der Waals surface area contributed by atoms with Crippen molar-refractivity contribution in [3.8, 4) is 11.3 Å². The van der Waals surface area contributed by atoms with Gasteiger partial charge in [0.25, 0.3) is 0 Å². The van der Waals surface area contributed by atoms with Gasteiger partial charge in [0.15, 0.2) is 5.65 Å². The van der Waals surface area contributed by atoms with Crippen LogP contribution in [0.2, 0.25) is 0 Å². The van der Waals surface area contributed by atoms with E-state index in [2.05, 4.69) is 26.2 Å². The zero-order chi connectivity index (χ0) is 11.8. The van der Waals surface area contributed by atoms with Crippen LogP contribution in [0.15, 0.2) is 30.5 Å². The third-order valence-electron chi connectivity index (χ3n) is 2.62. The summed E-state index contributed by atoms with van der Waals surface area (Å²) in [5, 5.41) is 7.65. The Bertz CT molecular complexity index is 686. The number of nitrogens with zero attached hydrogens (tertiary/aromatic N) is 3. The van der Waals surface area contributed by atoms with Crippen molar-refractivity contribution in [2.45, 2.75) is 6.92 Å². The lowest BCUT2D eigenvalue weighted by atomic mass is 10.1. The Labute approximate surface area is 97.7 Å². The van der Waals surface area contributed by atoms with Gasteiger partial charge in [-0.25, -0.2) is 4.98 Å². The Morgan fingerprint density at radius 1 is 1.24 bits per heavy atom. The van der Waals surface area contributed by atoms with Crippen LogP contribution >= 0.6 is 0 Å². The molecule has 0 bridgehead atoms. The number of nitrogens with two attached hydrogens (primary N) is 1. The molecule has 0 saturated carbocycles. The first-order valence-electron chi connectivity index (χ1n) is 5.27. The SMILES string of the molecule is Cc1cccc(-c2nc(N)nc3[nH]ncc23)c1. The maximum atomic E-state index is 5.69. The molecular weight excluding hydrogens is 214 g/mol. The largest absolute Gasteiger partial charge is 0.368 e. The number of aryl methyl sites for hydroxylation is 1. The number of anilines is 1. The smallest absolute Gasteiger partial charge is 0.222 e. The third-order valence-corrected chi connectivity index (χ3v) is 2.62. The average Bonchev–Trinajstić information content (AvgIpc) is 2.75. The van der Waals surface area contributed by atoms with E-state index in [0.717, 1.165) is 16.6 Å². The predicted octanol–water partition coefficient (Wildman–Crippen LogP) is 1.91. The highest BCUT2D eigenvalue weighted by Gasteiger charge is 2.09. The fraction of sp³-hybridized carbons (Fsp3) is 0.0833. The van der Waals surface area contributed by atoms with E-state index < -0.39 is 0 Å². The molecule has 84 valence electrons. The van der Waals surface area contributed by atoms with Crippen molar-refractivity contribution in [2.24, 2.45) is 0 Å². The summed E-state index contributed by atoms with van der Waals surface area (Å²) in [5.41, 5.74) is 9.36. The molecule has 0 amide bonds. The molecule has 1 aromatic carbocycles. The highest BCUT2D eigenvalue weighted by atomic mass is 15.2. The van der Waals surface area contributed by atoms with Gasteiger partial charge in [0.2, 0.25) is 5.95 Å². The van der Waals surface area contributed by atoms with E-state index in [4.69, 9.17) is 5.73 Å². The van der Waals surface area contributed by atoms with E-state index in [9.17, 15) is 0 Å². The molecule has 0 saturated heterocycles. The molecule has 0 fully saturated rings. The summed E-state index contributed by atoms with van der Waals surface area (Å²) < 4.78 is 0. The highest BCUT2D eigenvalue weighted by Crippen LogP contribution is 2.25. The maximum Gasteiger partial charge on any atom is 0.222 e. The van der Waals surface area contributed by atoms with Crippen molar-refractivity contribution in [1.29, 1.82) is 0 Å². The average molecular weight is 225 g/mol. The second kappa shape index (κ2) is 3.55. The molecule has 0 aliphatic rings. The topological polar surface area (TPSA) is 80.5 Å². The maximum absolute atomic E-state index is 5.69. The van der Waals surface area contributed by atoms with Gasteiger partial charge in [-0.1, -0.05) is 23.8 Å². The molecule has 0 aliphatic heterocycles. The van der Waals surface area contributed by atoms with Gasteiger partial charge in [0.1, 0.15) is 0 Å². The van der Waals surface area contributed by atoms with Crippen LogP contribution in [0.4, 0.5) is 5.95 Å². The molecular formula is C12H11N5. The molecule has 5 heteroatoms. The van der Waals surface area contributed by atoms with E-state index in [1.807, 2.05) is 25.1 Å². The lowest BCUT2D eigenvalue weighted by Crippen LogP contribution is -1.97. The van der Waals surface area contributed by atoms with E-state index in [0.29, 0.717) is 5.65 Å². The molecule has 0 atom stereocenters. The molecule has 3 rings (SSSR count). The molecule has 0 spiro atoms. The number of fused-ring (bicyclic) bond motifs is 1. The number of nitrogens with one attached hydrogen (secondary N) is 1. The third kappa shape index (κ3) is 1.61. The molecule has 0 radical (unpaired) electrons. The molecule has 3 aromatic rings. The Balaban J connectivity index is 2.32. The fourth-order valence-electron chi connectivity index (χ4n) is 1.86. The zero-order valence-corrected chi connectivity index (χ0v) is 9.31. The van der Waals surface area contributed by atoms with Crippen LogP contribution in [0, 0.1) is 6.92 Å². The first-order valence-corrected chi connectivity index (χ1v) is 5.27. The summed E-state index contributed by atoms with van der Waals surface area (Å²) in [4.78, 5) is 8.38. The van der Waals surface area contributed by atoms with Crippen LogP contribution in [0.1, 0.15) is 5.56 Å². The monoisotopic (exact) mass is 225 g/mol. The molecule has 2 heterocycles. The van der Waals surface area contributed by atoms with Crippen LogP contribution in [-0.2, 0) is 0 Å². The van der Waals surface area contributed by atoms with Crippen LogP contribution < -0.4 is 5.73 Å². The summed E-state index contributed by atoms with van der Waals surface area (Å²) in [6.45, 7) is 2.04. The second-order valence-electron chi connectivity index (χ2n) is 3.93. The van der Waals surface area contributed by atoms with Crippen molar-refractivity contribution in [3.05, 3.63) is 36.0 Å². The summed E-state index contributed by atoms with van der Waals surface area (Å²) in [6.07, 6.45) is 1.71. The molecule has 3 N–H and O–H groups in total. The first-order chi connectivity index (χ1) is 8.24. The quantitative estimate of drug-likeness (QED) is 0.663. The van der Waals surface area contributed by atoms with E-state index in [1.54, 1.807) is 6.20 Å². The van der Waals surface area contributed by atoms with Crippen molar-refractivity contribution >= 4 is 17.0 Å². The summed E-state index contributed by atoms with van der Waals surface area (Å²) in [5.74, 6) is 0.248. The predicted molar refractivity (Wildman–Crippen MR) is 66.3 cm³/mol. The number of hydrogen-bond acceptors (Lipinski definition) is 4. The van der Waals surface area contributed by atoms with Crippen LogP contribution in [0.25, 0.3) is 22.3 Å². The van der Waals surface area contributed by atoms with E-state index >= 15 is 0 Å². The van der Waals surface area contributed by atoms with Gasteiger partial charge in [-0.15, -0.1) is 0 Å². The van der Waals surface area contributed by atoms with Gasteiger partial charge in [-0.3, -0.25) is 5.10 Å².